The van der Waals surface area contributed by atoms with Crippen molar-refractivity contribution < 1.29 is 14.3 Å². The third-order valence-electron chi connectivity index (χ3n) is 5.40. The van der Waals surface area contributed by atoms with E-state index in [0.29, 0.717) is 19.6 Å². The summed E-state index contributed by atoms with van der Waals surface area (Å²) in [5.41, 5.74) is 0. The second kappa shape index (κ2) is 6.69. The Bertz CT molecular complexity index is 566. The van der Waals surface area contributed by atoms with Crippen molar-refractivity contribution in [2.45, 2.75) is 31.5 Å². The molecule has 6 nitrogen and oxygen atoms in total. The number of carbonyl (C=O) groups is 1. The van der Waals surface area contributed by atoms with Crippen LogP contribution in [0.5, 0.6) is 0 Å². The van der Waals surface area contributed by atoms with E-state index in [1.807, 2.05) is 29.3 Å². The molecule has 6 heteroatoms. The van der Waals surface area contributed by atoms with E-state index in [1.54, 1.807) is 0 Å². The minimum absolute atomic E-state index is 0.0400. The van der Waals surface area contributed by atoms with Crippen molar-refractivity contribution in [1.29, 1.82) is 0 Å². The molecule has 1 amide bonds. The molecule has 3 aliphatic rings. The van der Waals surface area contributed by atoms with Gasteiger partial charge in [0, 0.05) is 51.1 Å². The number of anilines is 1. The molecule has 3 fully saturated rings. The summed E-state index contributed by atoms with van der Waals surface area (Å²) in [6, 6.07) is 5.95. The van der Waals surface area contributed by atoms with E-state index < -0.39 is 5.79 Å². The first-order valence-electron chi connectivity index (χ1n) is 8.98. The first-order valence-corrected chi connectivity index (χ1v) is 8.98. The van der Waals surface area contributed by atoms with E-state index in [-0.39, 0.29) is 11.8 Å². The maximum absolute atomic E-state index is 12.9. The lowest BCUT2D eigenvalue weighted by molar-refractivity contribution is -0.191. The maximum atomic E-state index is 12.9. The number of amides is 1. The summed E-state index contributed by atoms with van der Waals surface area (Å²) in [5.74, 6) is 0.829. The van der Waals surface area contributed by atoms with E-state index in [2.05, 4.69) is 9.88 Å². The molecule has 24 heavy (non-hydrogen) atoms. The lowest BCUT2D eigenvalue weighted by atomic mass is 9.83. The summed E-state index contributed by atoms with van der Waals surface area (Å²) >= 11 is 0. The van der Waals surface area contributed by atoms with Crippen LogP contribution < -0.4 is 4.90 Å². The van der Waals surface area contributed by atoms with Crippen LogP contribution >= 0.6 is 0 Å². The first kappa shape index (κ1) is 15.8. The number of carbonyl (C=O) groups excluding carboxylic acids is 1. The van der Waals surface area contributed by atoms with Crippen molar-refractivity contribution in [1.82, 2.24) is 9.88 Å². The van der Waals surface area contributed by atoms with E-state index >= 15 is 0 Å². The van der Waals surface area contributed by atoms with E-state index in [9.17, 15) is 4.79 Å². The van der Waals surface area contributed by atoms with Gasteiger partial charge in [-0.3, -0.25) is 4.79 Å². The number of aromatic nitrogens is 1. The summed E-state index contributed by atoms with van der Waals surface area (Å²) in [6.07, 6.45) is 5.41. The summed E-state index contributed by atoms with van der Waals surface area (Å²) in [6.45, 7) is 4.52. The van der Waals surface area contributed by atoms with E-state index in [1.165, 1.54) is 0 Å². The van der Waals surface area contributed by atoms with Crippen LogP contribution in [-0.2, 0) is 14.3 Å². The predicted molar refractivity (Wildman–Crippen MR) is 89.6 cm³/mol. The monoisotopic (exact) mass is 331 g/mol. The lowest BCUT2D eigenvalue weighted by Crippen LogP contribution is -2.52. The zero-order chi connectivity index (χ0) is 16.4. The second-order valence-corrected chi connectivity index (χ2v) is 6.90. The standard InChI is InChI=1S/C18H25N3O3/c22-17(15-4-3-6-18(14-15)23-12-13-24-18)21-10-8-20(9-11-21)16-5-1-2-7-19-16/h1-2,5,7,15H,3-4,6,8-14H2. The summed E-state index contributed by atoms with van der Waals surface area (Å²) < 4.78 is 11.6. The number of piperazine rings is 1. The van der Waals surface area contributed by atoms with Crippen molar-refractivity contribution >= 4 is 11.7 Å². The highest BCUT2D eigenvalue weighted by atomic mass is 16.7. The molecule has 0 radical (unpaired) electrons. The molecule has 1 saturated carbocycles. The number of ether oxygens (including phenoxy) is 2. The molecule has 0 N–H and O–H groups in total. The summed E-state index contributed by atoms with van der Waals surface area (Å²) in [5, 5.41) is 0. The largest absolute Gasteiger partial charge is 0.353 e. The quantitative estimate of drug-likeness (QED) is 0.825. The van der Waals surface area contributed by atoms with Crippen molar-refractivity contribution in [2.75, 3.05) is 44.3 Å². The topological polar surface area (TPSA) is 54.9 Å². The molecule has 0 aromatic carbocycles. The number of hydrogen-bond donors (Lipinski definition) is 0. The van der Waals surface area contributed by atoms with Gasteiger partial charge >= 0.3 is 0 Å². The fourth-order valence-corrected chi connectivity index (χ4v) is 4.12. The lowest BCUT2D eigenvalue weighted by Gasteiger charge is -2.40. The second-order valence-electron chi connectivity index (χ2n) is 6.90. The molecule has 1 aromatic heterocycles. The van der Waals surface area contributed by atoms with Gasteiger partial charge in [0.25, 0.3) is 0 Å². The molecule has 2 aliphatic heterocycles. The Morgan fingerprint density at radius 1 is 1.17 bits per heavy atom. The van der Waals surface area contributed by atoms with Crippen LogP contribution in [0.4, 0.5) is 5.82 Å². The van der Waals surface area contributed by atoms with Gasteiger partial charge in [-0.1, -0.05) is 6.07 Å². The van der Waals surface area contributed by atoms with Crippen LogP contribution in [0.2, 0.25) is 0 Å². The smallest absolute Gasteiger partial charge is 0.226 e. The van der Waals surface area contributed by atoms with Gasteiger partial charge in [-0.25, -0.2) is 4.98 Å². The van der Waals surface area contributed by atoms with Crippen molar-refractivity contribution in [2.24, 2.45) is 5.92 Å². The highest BCUT2D eigenvalue weighted by Crippen LogP contribution is 2.39. The molecule has 1 spiro atoms. The molecule has 2 saturated heterocycles. The average Bonchev–Trinajstić information content (AvgIpc) is 3.09. The number of hydrogen-bond acceptors (Lipinski definition) is 5. The average molecular weight is 331 g/mol. The maximum Gasteiger partial charge on any atom is 0.226 e. The number of nitrogens with zero attached hydrogens (tertiary/aromatic N) is 3. The van der Waals surface area contributed by atoms with Crippen LogP contribution in [0.25, 0.3) is 0 Å². The fourth-order valence-electron chi connectivity index (χ4n) is 4.12. The Morgan fingerprint density at radius 3 is 2.67 bits per heavy atom. The summed E-state index contributed by atoms with van der Waals surface area (Å²) in [7, 11) is 0. The minimum atomic E-state index is -0.478. The Hall–Kier alpha value is -1.66. The van der Waals surface area contributed by atoms with Gasteiger partial charge in [0.2, 0.25) is 5.91 Å². The molecular weight excluding hydrogens is 306 g/mol. The number of pyridine rings is 1. The van der Waals surface area contributed by atoms with Gasteiger partial charge in [0.05, 0.1) is 13.2 Å². The van der Waals surface area contributed by atoms with Crippen molar-refractivity contribution in [3.63, 3.8) is 0 Å². The van der Waals surface area contributed by atoms with Gasteiger partial charge in [-0.2, -0.15) is 0 Å². The third-order valence-corrected chi connectivity index (χ3v) is 5.40. The van der Waals surface area contributed by atoms with E-state index in [4.69, 9.17) is 9.47 Å². The third kappa shape index (κ3) is 3.13. The highest BCUT2D eigenvalue weighted by Gasteiger charge is 2.44. The zero-order valence-electron chi connectivity index (χ0n) is 14.0. The van der Waals surface area contributed by atoms with Gasteiger partial charge in [0.1, 0.15) is 5.82 Å². The Balaban J connectivity index is 1.34. The normalized spacial score (nSPS) is 26.8. The molecular formula is C18H25N3O3. The zero-order valence-corrected chi connectivity index (χ0v) is 14.0. The van der Waals surface area contributed by atoms with Crippen LogP contribution in [0.1, 0.15) is 25.7 Å². The molecule has 0 bridgehead atoms. The van der Waals surface area contributed by atoms with Crippen LogP contribution in [-0.4, -0.2) is 61.0 Å². The first-order chi connectivity index (χ1) is 11.8. The Labute approximate surface area is 142 Å². The van der Waals surface area contributed by atoms with Gasteiger partial charge in [0.15, 0.2) is 5.79 Å². The van der Waals surface area contributed by atoms with Crippen LogP contribution in [0.15, 0.2) is 24.4 Å². The van der Waals surface area contributed by atoms with Crippen molar-refractivity contribution in [3.05, 3.63) is 24.4 Å². The van der Waals surface area contributed by atoms with Crippen LogP contribution in [0, 0.1) is 5.92 Å². The van der Waals surface area contributed by atoms with Crippen LogP contribution in [0.3, 0.4) is 0 Å². The molecule has 1 unspecified atom stereocenters. The molecule has 1 aromatic rings. The molecule has 4 rings (SSSR count). The Morgan fingerprint density at radius 2 is 1.96 bits per heavy atom. The molecule has 1 aliphatic carbocycles. The number of rotatable bonds is 2. The molecule has 3 heterocycles. The minimum Gasteiger partial charge on any atom is -0.353 e. The predicted octanol–water partition coefficient (Wildman–Crippen LogP) is 1.66. The molecule has 130 valence electrons. The van der Waals surface area contributed by atoms with E-state index in [0.717, 1.165) is 51.3 Å². The SMILES string of the molecule is O=C(C1CCCC2(C1)OCCO2)N1CCN(c2ccccn2)CC1. The van der Waals surface area contributed by atoms with Gasteiger partial charge in [-0.15, -0.1) is 0 Å². The van der Waals surface area contributed by atoms with Crippen molar-refractivity contribution in [3.8, 4) is 0 Å². The highest BCUT2D eigenvalue weighted by molar-refractivity contribution is 5.79. The molecule has 1 atom stereocenters. The summed E-state index contributed by atoms with van der Waals surface area (Å²) in [4.78, 5) is 21.6. The van der Waals surface area contributed by atoms with Gasteiger partial charge in [-0.05, 0) is 25.0 Å². The Kier molecular flexibility index (Phi) is 4.41. The fraction of sp³-hybridized carbons (Fsp3) is 0.667. The van der Waals surface area contributed by atoms with Gasteiger partial charge < -0.3 is 19.3 Å².